The number of benzene rings is 3. The molecule has 1 aliphatic rings. The van der Waals surface area contributed by atoms with Crippen molar-refractivity contribution in [3.05, 3.63) is 88.4 Å². The summed E-state index contributed by atoms with van der Waals surface area (Å²) in [5.74, 6) is -1.55. The lowest BCUT2D eigenvalue weighted by Crippen LogP contribution is -2.44. The van der Waals surface area contributed by atoms with Gasteiger partial charge >= 0.3 is 12.1 Å². The fraction of sp³-hybridized carbons (Fsp3) is 0.222. The molecule has 3 aromatic carbocycles. The van der Waals surface area contributed by atoms with E-state index in [1.165, 1.54) is 18.2 Å². The first-order valence-electron chi connectivity index (χ1n) is 11.1. The first kappa shape index (κ1) is 24.3. The van der Waals surface area contributed by atoms with E-state index in [2.05, 4.69) is 22.8 Å². The fourth-order valence-electron chi connectivity index (χ4n) is 4.30. The molecule has 0 fully saturated rings. The number of carbonyl (C=O) groups is 3. The number of carboxylic acid groups (broad SMARTS) is 1. The Balaban J connectivity index is 1.39. The van der Waals surface area contributed by atoms with Crippen LogP contribution in [0.3, 0.4) is 0 Å². The molecule has 0 heterocycles. The quantitative estimate of drug-likeness (QED) is 0.393. The summed E-state index contributed by atoms with van der Waals surface area (Å²) in [4.78, 5) is 36.0. The summed E-state index contributed by atoms with van der Waals surface area (Å²) >= 11 is 6.29. The lowest BCUT2D eigenvalue weighted by molar-refractivity contribution is -0.138. The molecule has 0 aliphatic heterocycles. The van der Waals surface area contributed by atoms with Crippen molar-refractivity contribution in [3.63, 3.8) is 0 Å². The Morgan fingerprint density at radius 2 is 1.57 bits per heavy atom. The van der Waals surface area contributed by atoms with Crippen LogP contribution in [0.5, 0.6) is 0 Å². The first-order chi connectivity index (χ1) is 16.6. The van der Waals surface area contributed by atoms with Gasteiger partial charge in [-0.15, -0.1) is 0 Å². The van der Waals surface area contributed by atoms with Crippen LogP contribution < -0.4 is 10.6 Å². The molecule has 35 heavy (non-hydrogen) atoms. The van der Waals surface area contributed by atoms with Crippen molar-refractivity contribution < 1.29 is 24.2 Å². The van der Waals surface area contributed by atoms with Crippen molar-refractivity contribution in [3.8, 4) is 11.1 Å². The molecule has 7 nitrogen and oxygen atoms in total. The third-order valence-electron chi connectivity index (χ3n) is 5.86. The zero-order valence-corrected chi connectivity index (χ0v) is 20.1. The second kappa shape index (κ2) is 9.80. The SMILES string of the molecule is CC(C)(CC(=O)O)NC(=O)c1ccc(NC(=O)OCC2c3ccccc3-c3ccccc32)c(Cl)c1. The van der Waals surface area contributed by atoms with E-state index in [1.807, 2.05) is 36.4 Å². The minimum absolute atomic E-state index is 0.0659. The van der Waals surface area contributed by atoms with Gasteiger partial charge in [-0.25, -0.2) is 4.79 Å². The fourth-order valence-corrected chi connectivity index (χ4v) is 4.53. The first-order valence-corrected chi connectivity index (χ1v) is 11.5. The average Bonchev–Trinajstić information content (AvgIpc) is 3.11. The van der Waals surface area contributed by atoms with Crippen molar-refractivity contribution in [1.82, 2.24) is 5.32 Å². The van der Waals surface area contributed by atoms with Crippen LogP contribution in [0.25, 0.3) is 11.1 Å². The molecule has 180 valence electrons. The van der Waals surface area contributed by atoms with Crippen molar-refractivity contribution in [1.29, 1.82) is 0 Å². The monoisotopic (exact) mass is 492 g/mol. The second-order valence-electron chi connectivity index (χ2n) is 9.05. The standard InChI is InChI=1S/C27H25ClN2O5/c1-27(2,14-24(31)32)30-25(33)16-11-12-23(22(28)13-16)29-26(34)35-15-21-19-9-5-3-7-17(19)18-8-4-6-10-20(18)21/h3-13,21H,14-15H2,1-2H3,(H,29,34)(H,30,33)(H,31,32). The normalized spacial score (nSPS) is 12.4. The van der Waals surface area contributed by atoms with Gasteiger partial charge in [0.25, 0.3) is 5.91 Å². The van der Waals surface area contributed by atoms with Gasteiger partial charge in [-0.3, -0.25) is 14.9 Å². The highest BCUT2D eigenvalue weighted by atomic mass is 35.5. The van der Waals surface area contributed by atoms with E-state index in [9.17, 15) is 14.4 Å². The molecule has 1 aliphatic carbocycles. The smallest absolute Gasteiger partial charge is 0.411 e. The number of fused-ring (bicyclic) bond motifs is 3. The summed E-state index contributed by atoms with van der Waals surface area (Å²) < 4.78 is 5.54. The highest BCUT2D eigenvalue weighted by molar-refractivity contribution is 6.34. The van der Waals surface area contributed by atoms with E-state index in [0.29, 0.717) is 5.69 Å². The molecule has 0 aromatic heterocycles. The molecule has 0 unspecified atom stereocenters. The van der Waals surface area contributed by atoms with Crippen LogP contribution in [-0.2, 0) is 9.53 Å². The average molecular weight is 493 g/mol. The molecule has 8 heteroatoms. The Morgan fingerprint density at radius 3 is 2.14 bits per heavy atom. The van der Waals surface area contributed by atoms with Gasteiger partial charge in [0.05, 0.1) is 17.1 Å². The van der Waals surface area contributed by atoms with E-state index >= 15 is 0 Å². The molecule has 0 radical (unpaired) electrons. The Morgan fingerprint density at radius 1 is 0.971 bits per heavy atom. The molecular formula is C27H25ClN2O5. The maximum absolute atomic E-state index is 12.5. The number of halogens is 1. The highest BCUT2D eigenvalue weighted by Crippen LogP contribution is 2.44. The van der Waals surface area contributed by atoms with Gasteiger partial charge in [0.2, 0.25) is 0 Å². The van der Waals surface area contributed by atoms with E-state index in [4.69, 9.17) is 21.4 Å². The van der Waals surface area contributed by atoms with Gasteiger partial charge < -0.3 is 15.2 Å². The zero-order valence-electron chi connectivity index (χ0n) is 19.3. The number of aliphatic carboxylic acids is 1. The largest absolute Gasteiger partial charge is 0.481 e. The number of hydrogen-bond donors (Lipinski definition) is 3. The van der Waals surface area contributed by atoms with Gasteiger partial charge in [0.15, 0.2) is 0 Å². The van der Waals surface area contributed by atoms with Gasteiger partial charge in [0, 0.05) is 17.0 Å². The number of rotatable bonds is 7. The summed E-state index contributed by atoms with van der Waals surface area (Å²) in [5.41, 5.74) is 4.10. The van der Waals surface area contributed by atoms with Crippen LogP contribution in [0.2, 0.25) is 5.02 Å². The Bertz CT molecular complexity index is 1260. The Kier molecular flexibility index (Phi) is 6.80. The van der Waals surface area contributed by atoms with Gasteiger partial charge in [-0.2, -0.15) is 0 Å². The van der Waals surface area contributed by atoms with Gasteiger partial charge in [-0.1, -0.05) is 60.1 Å². The lowest BCUT2D eigenvalue weighted by Gasteiger charge is -2.24. The maximum Gasteiger partial charge on any atom is 0.411 e. The lowest BCUT2D eigenvalue weighted by atomic mass is 9.98. The van der Waals surface area contributed by atoms with E-state index < -0.39 is 23.5 Å². The second-order valence-corrected chi connectivity index (χ2v) is 9.46. The zero-order chi connectivity index (χ0) is 25.2. The molecule has 3 aromatic rings. The number of carbonyl (C=O) groups excluding carboxylic acids is 2. The van der Waals surface area contributed by atoms with Crippen LogP contribution >= 0.6 is 11.6 Å². The predicted molar refractivity (Wildman–Crippen MR) is 134 cm³/mol. The Labute approximate surface area is 208 Å². The molecular weight excluding hydrogens is 468 g/mol. The van der Waals surface area contributed by atoms with Crippen molar-refractivity contribution in [2.45, 2.75) is 31.7 Å². The van der Waals surface area contributed by atoms with Crippen LogP contribution in [0.1, 0.15) is 47.7 Å². The maximum atomic E-state index is 12.5. The van der Waals surface area contributed by atoms with Crippen LogP contribution in [0, 0.1) is 0 Å². The molecule has 4 rings (SSSR count). The number of carboxylic acids is 1. The summed E-state index contributed by atoms with van der Waals surface area (Å²) in [6.07, 6.45) is -0.887. The molecule has 2 amide bonds. The van der Waals surface area contributed by atoms with E-state index in [-0.39, 0.29) is 29.5 Å². The number of nitrogens with one attached hydrogen (secondary N) is 2. The van der Waals surface area contributed by atoms with Crippen LogP contribution in [0.15, 0.2) is 66.7 Å². The molecule has 3 N–H and O–H groups in total. The van der Waals surface area contributed by atoms with E-state index in [1.54, 1.807) is 13.8 Å². The molecule has 0 spiro atoms. The third kappa shape index (κ3) is 5.46. The molecule has 0 bridgehead atoms. The number of ether oxygens (including phenoxy) is 1. The van der Waals surface area contributed by atoms with Crippen molar-refractivity contribution in [2.24, 2.45) is 0 Å². The predicted octanol–water partition coefficient (Wildman–Crippen LogP) is 5.68. The molecule has 0 saturated heterocycles. The van der Waals surface area contributed by atoms with E-state index in [0.717, 1.165) is 22.3 Å². The van der Waals surface area contributed by atoms with Crippen molar-refractivity contribution >= 4 is 35.3 Å². The topological polar surface area (TPSA) is 105 Å². The number of anilines is 1. The summed E-state index contributed by atoms with van der Waals surface area (Å²) in [5, 5.41) is 14.4. The number of amides is 2. The summed E-state index contributed by atoms with van der Waals surface area (Å²) in [7, 11) is 0. The van der Waals surface area contributed by atoms with Gasteiger partial charge in [-0.05, 0) is 54.3 Å². The minimum Gasteiger partial charge on any atom is -0.481 e. The van der Waals surface area contributed by atoms with Gasteiger partial charge in [0.1, 0.15) is 6.61 Å². The minimum atomic E-state index is -1.02. The third-order valence-corrected chi connectivity index (χ3v) is 6.17. The van der Waals surface area contributed by atoms with Crippen LogP contribution in [-0.4, -0.2) is 35.2 Å². The number of hydrogen-bond acceptors (Lipinski definition) is 4. The van der Waals surface area contributed by atoms with Crippen molar-refractivity contribution in [2.75, 3.05) is 11.9 Å². The Hall–Kier alpha value is -3.84. The molecule has 0 atom stereocenters. The summed E-state index contributed by atoms with van der Waals surface area (Å²) in [6.45, 7) is 3.40. The molecule has 0 saturated carbocycles. The summed E-state index contributed by atoms with van der Waals surface area (Å²) in [6, 6.07) is 20.5. The van der Waals surface area contributed by atoms with Crippen LogP contribution in [0.4, 0.5) is 10.5 Å². The highest BCUT2D eigenvalue weighted by Gasteiger charge is 2.29.